The summed E-state index contributed by atoms with van der Waals surface area (Å²) < 4.78 is 0. The third-order valence-corrected chi connectivity index (χ3v) is 4.44. The van der Waals surface area contributed by atoms with Gasteiger partial charge in [0.25, 0.3) is 0 Å². The van der Waals surface area contributed by atoms with Crippen LogP contribution < -0.4 is 0 Å². The SMILES string of the molecule is C/C=C/CC(O)[C@H]1CC[C@H](c2ccc(C#N)cc2)CC1. The molecule has 0 saturated heterocycles. The molecule has 0 heterocycles. The maximum atomic E-state index is 10.1. The van der Waals surface area contributed by atoms with Crippen molar-refractivity contribution < 1.29 is 5.11 Å². The zero-order valence-electron chi connectivity index (χ0n) is 12.1. The Labute approximate surface area is 121 Å². The van der Waals surface area contributed by atoms with Gasteiger partial charge >= 0.3 is 0 Å². The molecule has 0 amide bonds. The number of allylic oxidation sites excluding steroid dienone is 1. The minimum Gasteiger partial charge on any atom is -0.393 e. The molecule has 1 N–H and O–H groups in total. The first-order chi connectivity index (χ1) is 9.74. The van der Waals surface area contributed by atoms with E-state index in [2.05, 4.69) is 24.3 Å². The molecule has 1 aromatic rings. The molecule has 0 aromatic heterocycles. The quantitative estimate of drug-likeness (QED) is 0.834. The van der Waals surface area contributed by atoms with Gasteiger partial charge in [-0.15, -0.1) is 0 Å². The van der Waals surface area contributed by atoms with Gasteiger partial charge in [0, 0.05) is 0 Å². The summed E-state index contributed by atoms with van der Waals surface area (Å²) in [6.45, 7) is 1.99. The first-order valence-electron chi connectivity index (χ1n) is 7.54. The van der Waals surface area contributed by atoms with Crippen molar-refractivity contribution in [2.45, 2.75) is 51.0 Å². The molecule has 106 valence electrons. The molecule has 1 fully saturated rings. The van der Waals surface area contributed by atoms with Gasteiger partial charge in [0.05, 0.1) is 17.7 Å². The van der Waals surface area contributed by atoms with Gasteiger partial charge in [-0.25, -0.2) is 0 Å². The first kappa shape index (κ1) is 14.8. The Morgan fingerprint density at radius 1 is 1.25 bits per heavy atom. The van der Waals surface area contributed by atoms with Gasteiger partial charge in [0.2, 0.25) is 0 Å². The van der Waals surface area contributed by atoms with Crippen LogP contribution in [0.3, 0.4) is 0 Å². The van der Waals surface area contributed by atoms with Crippen LogP contribution in [0.25, 0.3) is 0 Å². The number of nitrogens with zero attached hydrogens (tertiary/aromatic N) is 1. The Morgan fingerprint density at radius 2 is 1.90 bits per heavy atom. The fourth-order valence-corrected chi connectivity index (χ4v) is 3.14. The van der Waals surface area contributed by atoms with Gasteiger partial charge < -0.3 is 5.11 Å². The number of nitriles is 1. The van der Waals surface area contributed by atoms with Crippen LogP contribution in [-0.4, -0.2) is 11.2 Å². The maximum Gasteiger partial charge on any atom is 0.0991 e. The fraction of sp³-hybridized carbons (Fsp3) is 0.500. The summed E-state index contributed by atoms with van der Waals surface area (Å²) in [4.78, 5) is 0. The van der Waals surface area contributed by atoms with E-state index in [0.29, 0.717) is 11.8 Å². The van der Waals surface area contributed by atoms with Crippen molar-refractivity contribution in [1.29, 1.82) is 5.26 Å². The molecule has 20 heavy (non-hydrogen) atoms. The van der Waals surface area contributed by atoms with Gasteiger partial charge in [-0.1, -0.05) is 24.3 Å². The Balaban J connectivity index is 1.88. The van der Waals surface area contributed by atoms with Crippen LogP contribution in [0.15, 0.2) is 36.4 Å². The number of hydrogen-bond donors (Lipinski definition) is 1. The predicted molar refractivity (Wildman–Crippen MR) is 81.3 cm³/mol. The highest BCUT2D eigenvalue weighted by Gasteiger charge is 2.26. The lowest BCUT2D eigenvalue weighted by atomic mass is 9.76. The summed E-state index contributed by atoms with van der Waals surface area (Å²) >= 11 is 0. The molecule has 1 atom stereocenters. The van der Waals surface area contributed by atoms with Crippen LogP contribution in [0.2, 0.25) is 0 Å². The van der Waals surface area contributed by atoms with E-state index in [1.54, 1.807) is 0 Å². The van der Waals surface area contributed by atoms with Gasteiger partial charge in [-0.2, -0.15) is 5.26 Å². The van der Waals surface area contributed by atoms with Crippen molar-refractivity contribution in [1.82, 2.24) is 0 Å². The summed E-state index contributed by atoms with van der Waals surface area (Å²) in [5, 5.41) is 19.0. The highest BCUT2D eigenvalue weighted by molar-refractivity contribution is 5.33. The molecule has 0 aliphatic heterocycles. The Morgan fingerprint density at radius 3 is 2.45 bits per heavy atom. The highest BCUT2D eigenvalue weighted by Crippen LogP contribution is 2.37. The van der Waals surface area contributed by atoms with Crippen LogP contribution >= 0.6 is 0 Å². The minimum absolute atomic E-state index is 0.187. The van der Waals surface area contributed by atoms with Crippen LogP contribution in [0.1, 0.15) is 56.1 Å². The monoisotopic (exact) mass is 269 g/mol. The molecular weight excluding hydrogens is 246 g/mol. The van der Waals surface area contributed by atoms with Crippen molar-refractivity contribution in [3.05, 3.63) is 47.5 Å². The number of rotatable bonds is 4. The standard InChI is InChI=1S/C18H23NO/c1-2-3-4-18(20)17-11-9-16(10-12-17)15-7-5-14(13-19)6-8-15/h2-3,5-8,16-18,20H,4,9-12H2,1H3/b3-2+/t16-,17-,18?. The van der Waals surface area contributed by atoms with Crippen molar-refractivity contribution in [3.8, 4) is 6.07 Å². The molecule has 1 unspecified atom stereocenters. The van der Waals surface area contributed by atoms with E-state index in [1.807, 2.05) is 25.1 Å². The zero-order chi connectivity index (χ0) is 14.4. The zero-order valence-corrected chi connectivity index (χ0v) is 12.1. The summed E-state index contributed by atoms with van der Waals surface area (Å²) in [6.07, 6.45) is 9.14. The predicted octanol–water partition coefficient (Wildman–Crippen LogP) is 4.16. The van der Waals surface area contributed by atoms with Crippen LogP contribution in [0.5, 0.6) is 0 Å². The minimum atomic E-state index is -0.187. The number of benzene rings is 1. The lowest BCUT2D eigenvalue weighted by Crippen LogP contribution is -2.24. The van der Waals surface area contributed by atoms with Gasteiger partial charge in [0.15, 0.2) is 0 Å². The summed E-state index contributed by atoms with van der Waals surface area (Å²) in [5.41, 5.74) is 2.06. The Kier molecular flexibility index (Phi) is 5.38. The fourth-order valence-electron chi connectivity index (χ4n) is 3.14. The topological polar surface area (TPSA) is 44.0 Å². The van der Waals surface area contributed by atoms with E-state index in [4.69, 9.17) is 5.26 Å². The van der Waals surface area contributed by atoms with Gasteiger partial charge in [-0.05, 0) is 68.6 Å². The van der Waals surface area contributed by atoms with E-state index in [1.165, 1.54) is 5.56 Å². The number of hydrogen-bond acceptors (Lipinski definition) is 2. The second-order valence-corrected chi connectivity index (χ2v) is 5.72. The van der Waals surface area contributed by atoms with Gasteiger partial charge in [-0.3, -0.25) is 0 Å². The molecule has 0 radical (unpaired) electrons. The molecule has 1 aromatic carbocycles. The Hall–Kier alpha value is -1.59. The molecule has 1 aliphatic rings. The molecule has 2 nitrogen and oxygen atoms in total. The highest BCUT2D eigenvalue weighted by atomic mass is 16.3. The largest absolute Gasteiger partial charge is 0.393 e. The molecular formula is C18H23NO. The van der Waals surface area contributed by atoms with E-state index >= 15 is 0 Å². The summed E-state index contributed by atoms with van der Waals surface area (Å²) in [5.74, 6) is 1.04. The second-order valence-electron chi connectivity index (χ2n) is 5.72. The van der Waals surface area contributed by atoms with Crippen molar-refractivity contribution in [2.75, 3.05) is 0 Å². The van der Waals surface area contributed by atoms with E-state index in [9.17, 15) is 5.11 Å². The van der Waals surface area contributed by atoms with Crippen LogP contribution in [0.4, 0.5) is 0 Å². The molecule has 2 rings (SSSR count). The number of aliphatic hydroxyl groups excluding tert-OH is 1. The van der Waals surface area contributed by atoms with Gasteiger partial charge in [0.1, 0.15) is 0 Å². The molecule has 0 bridgehead atoms. The summed E-state index contributed by atoms with van der Waals surface area (Å²) in [6, 6.07) is 10.1. The van der Waals surface area contributed by atoms with Crippen molar-refractivity contribution in [2.24, 2.45) is 5.92 Å². The van der Waals surface area contributed by atoms with Crippen LogP contribution in [-0.2, 0) is 0 Å². The normalized spacial score (nSPS) is 24.4. The van der Waals surface area contributed by atoms with E-state index in [0.717, 1.165) is 37.7 Å². The van der Waals surface area contributed by atoms with E-state index in [-0.39, 0.29) is 6.10 Å². The van der Waals surface area contributed by atoms with E-state index < -0.39 is 0 Å². The average molecular weight is 269 g/mol. The van der Waals surface area contributed by atoms with Crippen LogP contribution in [0, 0.1) is 17.2 Å². The molecule has 1 aliphatic carbocycles. The summed E-state index contributed by atoms with van der Waals surface area (Å²) in [7, 11) is 0. The maximum absolute atomic E-state index is 10.1. The van der Waals surface area contributed by atoms with Crippen molar-refractivity contribution in [3.63, 3.8) is 0 Å². The lowest BCUT2D eigenvalue weighted by Gasteiger charge is -2.31. The molecule has 0 spiro atoms. The molecule has 1 saturated carbocycles. The third kappa shape index (κ3) is 3.71. The smallest absolute Gasteiger partial charge is 0.0991 e. The third-order valence-electron chi connectivity index (χ3n) is 4.44. The first-order valence-corrected chi connectivity index (χ1v) is 7.54. The van der Waals surface area contributed by atoms with Crippen molar-refractivity contribution >= 4 is 0 Å². The molecule has 2 heteroatoms. The average Bonchev–Trinajstić information content (AvgIpc) is 2.53. The Bertz CT molecular complexity index is 475. The lowest BCUT2D eigenvalue weighted by molar-refractivity contribution is 0.0834. The number of aliphatic hydroxyl groups is 1. The second kappa shape index (κ2) is 7.26.